The lowest BCUT2D eigenvalue weighted by Crippen LogP contribution is -2.23. The number of benzene rings is 1. The minimum atomic E-state index is -0.706. The van der Waals surface area contributed by atoms with Gasteiger partial charge in [-0.1, -0.05) is 12.1 Å². The summed E-state index contributed by atoms with van der Waals surface area (Å²) in [7, 11) is 0. The molecule has 1 aliphatic carbocycles. The van der Waals surface area contributed by atoms with Crippen molar-refractivity contribution in [2.45, 2.75) is 43.6 Å². The molecular weight excluding hydrogens is 272 g/mol. The van der Waals surface area contributed by atoms with Crippen LogP contribution in [0.2, 0.25) is 0 Å². The molecule has 0 bridgehead atoms. The van der Waals surface area contributed by atoms with Crippen LogP contribution in [0.5, 0.6) is 5.75 Å². The second-order valence-corrected chi connectivity index (χ2v) is 6.98. The first-order chi connectivity index (χ1) is 9.68. The highest BCUT2D eigenvalue weighted by molar-refractivity contribution is 7.99. The molecule has 3 nitrogen and oxygen atoms in total. The topological polar surface area (TPSA) is 46.5 Å². The number of aliphatic carboxylic acids is 1. The monoisotopic (exact) mass is 292 g/mol. The van der Waals surface area contributed by atoms with Crippen LogP contribution in [0.4, 0.5) is 0 Å². The summed E-state index contributed by atoms with van der Waals surface area (Å²) in [4.78, 5) is 10.9. The number of carbonyl (C=O) groups is 1. The summed E-state index contributed by atoms with van der Waals surface area (Å²) < 4.78 is 5.99. The van der Waals surface area contributed by atoms with Gasteiger partial charge in [0.25, 0.3) is 0 Å². The lowest BCUT2D eigenvalue weighted by Gasteiger charge is -2.23. The number of rotatable bonds is 5. The fraction of sp³-hybridized carbons (Fsp3) is 0.562. The van der Waals surface area contributed by atoms with Crippen molar-refractivity contribution >= 4 is 17.7 Å². The van der Waals surface area contributed by atoms with E-state index in [1.165, 1.54) is 12.2 Å². The van der Waals surface area contributed by atoms with Crippen LogP contribution in [0.25, 0.3) is 0 Å². The van der Waals surface area contributed by atoms with Gasteiger partial charge in [0, 0.05) is 11.2 Å². The zero-order chi connectivity index (χ0) is 14.0. The van der Waals surface area contributed by atoms with Crippen molar-refractivity contribution in [3.63, 3.8) is 0 Å². The van der Waals surface area contributed by atoms with E-state index in [-0.39, 0.29) is 11.8 Å². The van der Waals surface area contributed by atoms with Gasteiger partial charge in [-0.25, -0.2) is 0 Å². The number of thioether (sulfide) groups is 1. The molecule has 2 aliphatic rings. The van der Waals surface area contributed by atoms with Crippen molar-refractivity contribution in [2.24, 2.45) is 0 Å². The summed E-state index contributed by atoms with van der Waals surface area (Å²) in [6.45, 7) is 0. The van der Waals surface area contributed by atoms with E-state index >= 15 is 0 Å². The van der Waals surface area contributed by atoms with E-state index in [0.29, 0.717) is 6.10 Å². The minimum Gasteiger partial charge on any atom is -0.490 e. The van der Waals surface area contributed by atoms with Gasteiger partial charge in [-0.15, -0.1) is 0 Å². The first-order valence-electron chi connectivity index (χ1n) is 7.25. The number of hydrogen-bond acceptors (Lipinski definition) is 3. The van der Waals surface area contributed by atoms with Gasteiger partial charge < -0.3 is 9.84 Å². The number of carboxylic acid groups (broad SMARTS) is 1. The zero-order valence-electron chi connectivity index (χ0n) is 11.5. The van der Waals surface area contributed by atoms with Crippen LogP contribution in [0.3, 0.4) is 0 Å². The molecule has 4 heteroatoms. The van der Waals surface area contributed by atoms with Gasteiger partial charge in [0.15, 0.2) is 0 Å². The van der Waals surface area contributed by atoms with Gasteiger partial charge in [0.2, 0.25) is 0 Å². The van der Waals surface area contributed by atoms with Crippen LogP contribution in [0, 0.1) is 0 Å². The molecule has 1 heterocycles. The van der Waals surface area contributed by atoms with Crippen molar-refractivity contribution < 1.29 is 14.6 Å². The van der Waals surface area contributed by atoms with Crippen molar-refractivity contribution in [1.29, 1.82) is 0 Å². The fourth-order valence-corrected chi connectivity index (χ4v) is 3.93. The van der Waals surface area contributed by atoms with Crippen LogP contribution in [0.15, 0.2) is 24.3 Å². The average molecular weight is 292 g/mol. The van der Waals surface area contributed by atoms with Crippen molar-refractivity contribution in [1.82, 2.24) is 0 Å². The lowest BCUT2D eigenvalue weighted by molar-refractivity contribution is -0.137. The minimum absolute atomic E-state index is 0.106. The van der Waals surface area contributed by atoms with Crippen LogP contribution in [-0.4, -0.2) is 28.7 Å². The van der Waals surface area contributed by atoms with E-state index in [4.69, 9.17) is 9.84 Å². The first-order valence-corrected chi connectivity index (χ1v) is 8.40. The maximum absolute atomic E-state index is 10.9. The van der Waals surface area contributed by atoms with E-state index in [9.17, 15) is 4.79 Å². The van der Waals surface area contributed by atoms with Gasteiger partial charge in [-0.05, 0) is 49.1 Å². The van der Waals surface area contributed by atoms with Gasteiger partial charge >= 0.3 is 5.97 Å². The number of hydrogen-bond donors (Lipinski definition) is 1. The first kappa shape index (κ1) is 13.8. The molecule has 1 aromatic rings. The van der Waals surface area contributed by atoms with Crippen molar-refractivity contribution in [3.05, 3.63) is 29.8 Å². The third kappa shape index (κ3) is 3.11. The Morgan fingerprint density at radius 2 is 2.10 bits per heavy atom. The molecule has 1 aromatic carbocycles. The molecule has 1 atom stereocenters. The molecule has 0 amide bonds. The third-order valence-electron chi connectivity index (χ3n) is 4.23. The molecule has 2 fully saturated rings. The predicted octanol–water partition coefficient (Wildman–Crippen LogP) is 3.47. The summed E-state index contributed by atoms with van der Waals surface area (Å²) in [5.74, 6) is 2.52. The molecule has 1 aliphatic heterocycles. The largest absolute Gasteiger partial charge is 0.490 e. The van der Waals surface area contributed by atoms with Gasteiger partial charge in [-0.3, -0.25) is 4.79 Å². The summed E-state index contributed by atoms with van der Waals surface area (Å²) in [6.07, 6.45) is 4.91. The quantitative estimate of drug-likeness (QED) is 0.902. The molecule has 1 saturated heterocycles. The van der Waals surface area contributed by atoms with Crippen LogP contribution >= 0.6 is 11.8 Å². The lowest BCUT2D eigenvalue weighted by atomic mass is 9.92. The molecule has 0 spiro atoms. The Balaban J connectivity index is 1.64. The van der Waals surface area contributed by atoms with Gasteiger partial charge in [0.1, 0.15) is 11.9 Å². The second-order valence-electron chi connectivity index (χ2n) is 5.83. The third-order valence-corrected chi connectivity index (χ3v) is 5.42. The van der Waals surface area contributed by atoms with E-state index < -0.39 is 5.97 Å². The van der Waals surface area contributed by atoms with Gasteiger partial charge in [-0.2, -0.15) is 11.8 Å². The molecule has 108 valence electrons. The number of carboxylic acids is 1. The summed E-state index contributed by atoms with van der Waals surface area (Å²) in [6, 6.07) is 8.08. The summed E-state index contributed by atoms with van der Waals surface area (Å²) in [5, 5.41) is 8.99. The predicted molar refractivity (Wildman–Crippen MR) is 80.6 cm³/mol. The van der Waals surface area contributed by atoms with Crippen molar-refractivity contribution in [3.8, 4) is 5.75 Å². The maximum atomic E-state index is 10.9. The Morgan fingerprint density at radius 3 is 2.65 bits per heavy atom. The fourth-order valence-electron chi connectivity index (χ4n) is 2.89. The summed E-state index contributed by atoms with van der Waals surface area (Å²) >= 11 is 1.96. The summed E-state index contributed by atoms with van der Waals surface area (Å²) in [5.41, 5.74) is 1.04. The molecule has 1 unspecified atom stereocenters. The SMILES string of the molecule is O=C(O)CC1(c2ccc(OC3CCCSC3)cc2)CC1. The maximum Gasteiger partial charge on any atom is 0.304 e. The molecule has 0 radical (unpaired) electrons. The highest BCUT2D eigenvalue weighted by Gasteiger charge is 2.45. The standard InChI is InChI=1S/C16H20O3S/c17-15(18)10-16(7-8-16)12-3-5-13(6-4-12)19-14-2-1-9-20-11-14/h3-6,14H,1-2,7-11H2,(H,17,18). The molecule has 0 aromatic heterocycles. The normalized spacial score (nSPS) is 24.1. The Hall–Kier alpha value is -1.16. The van der Waals surface area contributed by atoms with E-state index in [1.54, 1.807) is 0 Å². The zero-order valence-corrected chi connectivity index (χ0v) is 12.3. The van der Waals surface area contributed by atoms with Crippen molar-refractivity contribution in [2.75, 3.05) is 11.5 Å². The highest BCUT2D eigenvalue weighted by atomic mass is 32.2. The Kier molecular flexibility index (Phi) is 3.92. The molecule has 20 heavy (non-hydrogen) atoms. The molecule has 1 N–H and O–H groups in total. The Bertz CT molecular complexity index is 473. The highest BCUT2D eigenvalue weighted by Crippen LogP contribution is 2.51. The Labute approximate surface area is 123 Å². The van der Waals surface area contributed by atoms with E-state index in [2.05, 4.69) is 0 Å². The van der Waals surface area contributed by atoms with Crippen LogP contribution < -0.4 is 4.74 Å². The van der Waals surface area contributed by atoms with E-state index in [0.717, 1.165) is 36.3 Å². The average Bonchev–Trinajstić information content (AvgIpc) is 3.21. The van der Waals surface area contributed by atoms with Gasteiger partial charge in [0.05, 0.1) is 6.42 Å². The number of ether oxygens (including phenoxy) is 1. The Morgan fingerprint density at radius 1 is 1.35 bits per heavy atom. The van der Waals surface area contributed by atoms with Crippen LogP contribution in [0.1, 0.15) is 37.7 Å². The van der Waals surface area contributed by atoms with E-state index in [1.807, 2.05) is 36.0 Å². The molecular formula is C16H20O3S. The molecule has 3 rings (SSSR count). The molecule has 1 saturated carbocycles. The smallest absolute Gasteiger partial charge is 0.304 e. The van der Waals surface area contributed by atoms with Crippen LogP contribution in [-0.2, 0) is 10.2 Å². The second kappa shape index (κ2) is 5.68.